The number of primary amides is 1. The van der Waals surface area contributed by atoms with Crippen LogP contribution in [0.1, 0.15) is 90.5 Å². The molecular weight excluding hydrogens is 472 g/mol. The van der Waals surface area contributed by atoms with E-state index in [1.807, 2.05) is 59.7 Å². The van der Waals surface area contributed by atoms with Crippen molar-refractivity contribution in [2.24, 2.45) is 11.7 Å². The molecule has 1 aromatic carbocycles. The Morgan fingerprint density at radius 2 is 1.59 bits per heavy atom. The summed E-state index contributed by atoms with van der Waals surface area (Å²) in [6, 6.07) is 3.62. The van der Waals surface area contributed by atoms with Crippen LogP contribution in [-0.2, 0) is 19.1 Å². The van der Waals surface area contributed by atoms with E-state index in [0.717, 1.165) is 17.5 Å². The molecule has 0 bridgehead atoms. The number of aryl methyl sites for hydroxylation is 2. The van der Waals surface area contributed by atoms with Gasteiger partial charge in [-0.2, -0.15) is 0 Å². The Labute approximate surface area is 220 Å². The van der Waals surface area contributed by atoms with Crippen LogP contribution in [0.25, 0.3) is 0 Å². The van der Waals surface area contributed by atoms with Gasteiger partial charge in [-0.1, -0.05) is 36.2 Å². The minimum Gasteiger partial charge on any atom is -0.444 e. The third-order valence-corrected chi connectivity index (χ3v) is 5.93. The first kappa shape index (κ1) is 30.1. The molecule has 4 unspecified atom stereocenters. The summed E-state index contributed by atoms with van der Waals surface area (Å²) in [5, 5.41) is 5.66. The largest absolute Gasteiger partial charge is 0.444 e. The van der Waals surface area contributed by atoms with Gasteiger partial charge >= 0.3 is 6.09 Å². The Morgan fingerprint density at radius 3 is 2.03 bits per heavy atom. The lowest BCUT2D eigenvalue weighted by molar-refractivity contribution is -0.144. The van der Waals surface area contributed by atoms with Crippen LogP contribution in [0.15, 0.2) is 18.2 Å². The van der Waals surface area contributed by atoms with E-state index in [-0.39, 0.29) is 30.7 Å². The van der Waals surface area contributed by atoms with Gasteiger partial charge in [-0.05, 0) is 79.7 Å². The summed E-state index contributed by atoms with van der Waals surface area (Å²) in [7, 11) is 0. The molecule has 2 rings (SSSR count). The lowest BCUT2D eigenvalue weighted by atomic mass is 9.96. The predicted octanol–water partition coefficient (Wildman–Crippen LogP) is 3.66. The van der Waals surface area contributed by atoms with Gasteiger partial charge in [0.15, 0.2) is 0 Å². The predicted molar refractivity (Wildman–Crippen MR) is 143 cm³/mol. The Bertz CT molecular complexity index is 1000. The van der Waals surface area contributed by atoms with Crippen LogP contribution in [-0.4, -0.2) is 51.9 Å². The van der Waals surface area contributed by atoms with Crippen LogP contribution in [0, 0.1) is 19.8 Å². The number of nitrogens with one attached hydrogen (secondary N) is 2. The number of amides is 4. The van der Waals surface area contributed by atoms with Crippen molar-refractivity contribution in [3.05, 3.63) is 34.9 Å². The molecule has 1 saturated carbocycles. The second-order valence-corrected chi connectivity index (χ2v) is 12.3. The minimum atomic E-state index is -1.09. The zero-order valence-corrected chi connectivity index (χ0v) is 23.7. The second-order valence-electron chi connectivity index (χ2n) is 12.3. The molecule has 0 aliphatic heterocycles. The fourth-order valence-electron chi connectivity index (χ4n) is 4.39. The molecule has 206 valence electrons. The van der Waals surface area contributed by atoms with Crippen molar-refractivity contribution in [2.75, 3.05) is 0 Å². The number of benzene rings is 1. The van der Waals surface area contributed by atoms with Crippen LogP contribution in [0.5, 0.6) is 0 Å². The maximum absolute atomic E-state index is 14.2. The van der Waals surface area contributed by atoms with Gasteiger partial charge in [-0.3, -0.25) is 14.4 Å². The summed E-state index contributed by atoms with van der Waals surface area (Å²) in [6.07, 6.45) is -0.167. The zero-order chi connectivity index (χ0) is 28.3. The van der Waals surface area contributed by atoms with Crippen LogP contribution < -0.4 is 16.4 Å². The first-order valence-corrected chi connectivity index (χ1v) is 12.9. The zero-order valence-electron chi connectivity index (χ0n) is 23.7. The van der Waals surface area contributed by atoms with Gasteiger partial charge in [0.05, 0.1) is 0 Å². The standard InChI is InChI=1S/C28H44N4O5/c1-16-12-17(2)14-19(13-16)23(24(34)31-27(4,5)6)32(21-15-18(21)3)25(35)20(10-11-22(29)33)30-26(36)37-28(7,8)9/h12-14,18,20-21,23H,10-11,15H2,1-9H3,(H2,29,33)(H,30,36)(H,31,34). The Morgan fingerprint density at radius 1 is 1.05 bits per heavy atom. The molecule has 1 aromatic rings. The van der Waals surface area contributed by atoms with Crippen molar-refractivity contribution in [3.63, 3.8) is 0 Å². The van der Waals surface area contributed by atoms with Gasteiger partial charge in [-0.25, -0.2) is 4.79 Å². The van der Waals surface area contributed by atoms with Crippen molar-refractivity contribution in [1.82, 2.24) is 15.5 Å². The topological polar surface area (TPSA) is 131 Å². The first-order chi connectivity index (χ1) is 16.9. The molecule has 0 spiro atoms. The van der Waals surface area contributed by atoms with E-state index < -0.39 is 41.1 Å². The fourth-order valence-corrected chi connectivity index (χ4v) is 4.39. The maximum atomic E-state index is 14.2. The van der Waals surface area contributed by atoms with Crippen LogP contribution >= 0.6 is 0 Å². The summed E-state index contributed by atoms with van der Waals surface area (Å²) in [5.41, 5.74) is 6.70. The second kappa shape index (κ2) is 11.5. The van der Waals surface area contributed by atoms with Crippen molar-refractivity contribution < 1.29 is 23.9 Å². The number of nitrogens with two attached hydrogens (primary N) is 1. The molecule has 1 aliphatic carbocycles. The van der Waals surface area contributed by atoms with Crippen molar-refractivity contribution in [3.8, 4) is 0 Å². The molecule has 4 amide bonds. The molecular formula is C28H44N4O5. The molecule has 37 heavy (non-hydrogen) atoms. The quantitative estimate of drug-likeness (QED) is 0.461. The Kier molecular flexibility index (Phi) is 9.38. The number of carbonyl (C=O) groups excluding carboxylic acids is 4. The SMILES string of the molecule is Cc1cc(C)cc(C(C(=O)NC(C)(C)C)N(C(=O)C(CCC(N)=O)NC(=O)OC(C)(C)C)C2CC2C)c1. The lowest BCUT2D eigenvalue weighted by Crippen LogP contribution is -2.55. The average Bonchev–Trinajstić information content (AvgIpc) is 3.40. The van der Waals surface area contributed by atoms with E-state index >= 15 is 0 Å². The fraction of sp³-hybridized carbons (Fsp3) is 0.643. The Balaban J connectivity index is 2.56. The monoisotopic (exact) mass is 516 g/mol. The summed E-state index contributed by atoms with van der Waals surface area (Å²) in [4.78, 5) is 53.8. The van der Waals surface area contributed by atoms with Crippen molar-refractivity contribution in [1.29, 1.82) is 0 Å². The highest BCUT2D eigenvalue weighted by Crippen LogP contribution is 2.41. The highest BCUT2D eigenvalue weighted by molar-refractivity contribution is 5.93. The summed E-state index contributed by atoms with van der Waals surface area (Å²) in [6.45, 7) is 16.7. The minimum absolute atomic E-state index is 0.00847. The summed E-state index contributed by atoms with van der Waals surface area (Å²) in [5.74, 6) is -1.17. The first-order valence-electron chi connectivity index (χ1n) is 12.9. The van der Waals surface area contributed by atoms with E-state index in [1.165, 1.54) is 0 Å². The van der Waals surface area contributed by atoms with Crippen molar-refractivity contribution >= 4 is 23.8 Å². The third kappa shape index (κ3) is 9.37. The van der Waals surface area contributed by atoms with Gasteiger partial charge in [0.25, 0.3) is 0 Å². The van der Waals surface area contributed by atoms with Crippen LogP contribution in [0.2, 0.25) is 0 Å². The lowest BCUT2D eigenvalue weighted by Gasteiger charge is -2.36. The molecule has 0 radical (unpaired) electrons. The van der Waals surface area contributed by atoms with E-state index in [1.54, 1.807) is 25.7 Å². The molecule has 0 aromatic heterocycles. The molecule has 1 fully saturated rings. The van der Waals surface area contributed by atoms with E-state index in [2.05, 4.69) is 10.6 Å². The molecule has 0 heterocycles. The number of alkyl carbamates (subject to hydrolysis) is 1. The average molecular weight is 517 g/mol. The van der Waals surface area contributed by atoms with Gasteiger partial charge in [-0.15, -0.1) is 0 Å². The molecule has 9 nitrogen and oxygen atoms in total. The van der Waals surface area contributed by atoms with Crippen molar-refractivity contribution in [2.45, 2.75) is 111 Å². The maximum Gasteiger partial charge on any atom is 0.408 e. The normalized spacial score (nSPS) is 18.8. The Hall–Kier alpha value is -3.10. The van der Waals surface area contributed by atoms with Gasteiger partial charge in [0.1, 0.15) is 17.7 Å². The number of ether oxygens (including phenoxy) is 1. The van der Waals surface area contributed by atoms with E-state index in [9.17, 15) is 19.2 Å². The molecule has 1 aliphatic rings. The van der Waals surface area contributed by atoms with Crippen LogP contribution in [0.3, 0.4) is 0 Å². The smallest absolute Gasteiger partial charge is 0.408 e. The van der Waals surface area contributed by atoms with Gasteiger partial charge < -0.3 is 26.0 Å². The number of carbonyl (C=O) groups is 4. The number of nitrogens with zero attached hydrogens (tertiary/aromatic N) is 1. The molecule has 4 N–H and O–H groups in total. The molecule has 0 saturated heterocycles. The van der Waals surface area contributed by atoms with E-state index in [4.69, 9.17) is 10.5 Å². The summed E-state index contributed by atoms with van der Waals surface area (Å²) < 4.78 is 5.38. The molecule has 9 heteroatoms. The van der Waals surface area contributed by atoms with Crippen LogP contribution in [0.4, 0.5) is 4.79 Å². The summed E-state index contributed by atoms with van der Waals surface area (Å²) >= 11 is 0. The highest BCUT2D eigenvalue weighted by Gasteiger charge is 2.48. The van der Waals surface area contributed by atoms with E-state index in [0.29, 0.717) is 5.56 Å². The third-order valence-electron chi connectivity index (χ3n) is 5.93. The number of rotatable bonds is 9. The molecule has 4 atom stereocenters. The van der Waals surface area contributed by atoms with Gasteiger partial charge in [0.2, 0.25) is 17.7 Å². The number of hydrogen-bond donors (Lipinski definition) is 3. The number of hydrogen-bond acceptors (Lipinski definition) is 5. The van der Waals surface area contributed by atoms with Gasteiger partial charge in [0, 0.05) is 18.0 Å². The highest BCUT2D eigenvalue weighted by atomic mass is 16.6.